The fourth-order valence-corrected chi connectivity index (χ4v) is 6.14. The smallest absolute Gasteiger partial charge is 0.238 e. The number of ether oxygens (including phenoxy) is 1. The zero-order valence-corrected chi connectivity index (χ0v) is 27.6. The Morgan fingerprint density at radius 1 is 1.15 bits per heavy atom. The van der Waals surface area contributed by atoms with Crippen LogP contribution in [0.5, 0.6) is 5.88 Å². The van der Waals surface area contributed by atoms with Crippen LogP contribution in [-0.2, 0) is 11.8 Å². The Labute approximate surface area is 274 Å². The lowest BCUT2D eigenvalue weighted by molar-refractivity contribution is -0.117. The molecule has 1 atom stereocenters. The lowest BCUT2D eigenvalue weighted by Crippen LogP contribution is -2.33. The van der Waals surface area contributed by atoms with E-state index in [0.717, 1.165) is 65.3 Å². The first-order chi connectivity index (χ1) is 22.8. The summed E-state index contributed by atoms with van der Waals surface area (Å²) >= 11 is 0. The normalized spacial score (nSPS) is 17.1. The van der Waals surface area contributed by atoms with Crippen LogP contribution in [0.15, 0.2) is 58.4 Å². The van der Waals surface area contributed by atoms with Crippen molar-refractivity contribution in [3.05, 3.63) is 59.7 Å². The summed E-state index contributed by atoms with van der Waals surface area (Å²) in [4.78, 5) is 38.5. The number of guanidine groups is 1. The van der Waals surface area contributed by atoms with Crippen LogP contribution in [0.1, 0.15) is 50.8 Å². The van der Waals surface area contributed by atoms with Gasteiger partial charge in [-0.1, -0.05) is 17.7 Å². The van der Waals surface area contributed by atoms with Crippen molar-refractivity contribution in [2.45, 2.75) is 52.6 Å². The molecular formula is C34H43N11O2. The Kier molecular flexibility index (Phi) is 9.62. The standard InChI is InChI=1S/C34H43N11O2/c1-22(2)32(41-34(35-4)40-28-16-23(3)43(5)42-28)26-18-36-33-25(26)10-9-11-27(33)39-30(46)20-44-15-12-24(19-44)47-31-17-29(37-21-38-31)45-13-7-6-8-14-45/h9-11,16-18,21,24,36H,4,6-8,12-15,19-20H2,1-3,5H3,(H,39,46)(H,40,41,42)/t24-/m0/s1. The van der Waals surface area contributed by atoms with E-state index in [9.17, 15) is 4.79 Å². The molecule has 5 heterocycles. The van der Waals surface area contributed by atoms with Crippen LogP contribution in [0, 0.1) is 6.92 Å². The number of anilines is 2. The fraction of sp³-hybridized carbons (Fsp3) is 0.412. The van der Waals surface area contributed by atoms with Crippen LogP contribution in [0.2, 0.25) is 0 Å². The number of aromatic nitrogens is 5. The molecule has 246 valence electrons. The molecule has 2 aliphatic heterocycles. The molecule has 3 N–H and O–H groups in total. The highest BCUT2D eigenvalue weighted by molar-refractivity contribution is 6.06. The molecule has 2 fully saturated rings. The number of likely N-dealkylation sites (tertiary alicyclic amines) is 1. The van der Waals surface area contributed by atoms with E-state index >= 15 is 0 Å². The third-order valence-corrected chi connectivity index (χ3v) is 8.66. The number of fused-ring (bicyclic) bond motifs is 1. The van der Waals surface area contributed by atoms with Gasteiger partial charge in [0.1, 0.15) is 18.2 Å². The molecule has 0 radical (unpaired) electrons. The summed E-state index contributed by atoms with van der Waals surface area (Å²) in [6.45, 7) is 13.4. The topological polar surface area (TPSA) is 141 Å². The van der Waals surface area contributed by atoms with E-state index in [2.05, 4.69) is 57.2 Å². The van der Waals surface area contributed by atoms with Gasteiger partial charge in [0.2, 0.25) is 17.7 Å². The summed E-state index contributed by atoms with van der Waals surface area (Å²) in [5.41, 5.74) is 5.33. The lowest BCUT2D eigenvalue weighted by Gasteiger charge is -2.27. The summed E-state index contributed by atoms with van der Waals surface area (Å²) in [6.07, 6.45) is 7.94. The van der Waals surface area contributed by atoms with Crippen molar-refractivity contribution < 1.29 is 9.53 Å². The van der Waals surface area contributed by atoms with E-state index in [1.165, 1.54) is 19.3 Å². The SMILES string of the molecule is C=NC(=Nc1cc(C)n(C)n1)NC(=C(C)C)c1c[nH]c2c(NC(=O)CN3CC[C@H](Oc4cc(N5CCCCC5)ncn4)C3)cccc12. The molecule has 1 amide bonds. The molecule has 47 heavy (non-hydrogen) atoms. The van der Waals surface area contributed by atoms with E-state index in [1.54, 1.807) is 11.0 Å². The highest BCUT2D eigenvalue weighted by Gasteiger charge is 2.27. The molecule has 0 aliphatic carbocycles. The Bertz CT molecular complexity index is 1790. The van der Waals surface area contributed by atoms with Crippen LogP contribution in [0.4, 0.5) is 17.3 Å². The maximum absolute atomic E-state index is 13.2. The van der Waals surface area contributed by atoms with Gasteiger partial charge in [0, 0.05) is 73.9 Å². The zero-order chi connectivity index (χ0) is 32.9. The van der Waals surface area contributed by atoms with Gasteiger partial charge in [0.25, 0.3) is 0 Å². The number of amides is 1. The Morgan fingerprint density at radius 3 is 2.72 bits per heavy atom. The molecule has 1 aromatic carbocycles. The number of aromatic amines is 1. The molecule has 3 aromatic heterocycles. The molecule has 13 heteroatoms. The van der Waals surface area contributed by atoms with Gasteiger partial charge in [-0.2, -0.15) is 10.1 Å². The van der Waals surface area contributed by atoms with Crippen molar-refractivity contribution in [1.29, 1.82) is 0 Å². The lowest BCUT2D eigenvalue weighted by atomic mass is 10.1. The van der Waals surface area contributed by atoms with Crippen LogP contribution in [-0.4, -0.2) is 87.0 Å². The fourth-order valence-electron chi connectivity index (χ4n) is 6.14. The number of aryl methyl sites for hydroxylation is 2. The first-order valence-corrected chi connectivity index (χ1v) is 16.1. The number of carbonyl (C=O) groups excluding carboxylic acids is 1. The molecule has 13 nitrogen and oxygen atoms in total. The maximum atomic E-state index is 13.2. The number of hydrogen-bond donors (Lipinski definition) is 3. The van der Waals surface area contributed by atoms with E-state index in [0.29, 0.717) is 29.9 Å². The van der Waals surface area contributed by atoms with Crippen molar-refractivity contribution >= 4 is 52.5 Å². The third kappa shape index (κ3) is 7.51. The molecule has 2 aliphatic rings. The number of nitrogens with zero attached hydrogens (tertiary/aromatic N) is 8. The number of benzene rings is 1. The molecule has 0 bridgehead atoms. The third-order valence-electron chi connectivity index (χ3n) is 8.66. The first kappa shape index (κ1) is 31.9. The van der Waals surface area contributed by atoms with Gasteiger partial charge in [-0.05, 0) is 59.2 Å². The summed E-state index contributed by atoms with van der Waals surface area (Å²) < 4.78 is 7.99. The van der Waals surface area contributed by atoms with E-state index in [-0.39, 0.29) is 18.6 Å². The largest absolute Gasteiger partial charge is 0.473 e. The minimum atomic E-state index is -0.0831. The summed E-state index contributed by atoms with van der Waals surface area (Å²) in [5, 5.41) is 11.8. The molecule has 2 saturated heterocycles. The molecule has 0 spiro atoms. The van der Waals surface area contributed by atoms with Crippen molar-refractivity contribution in [1.82, 2.24) is 34.9 Å². The predicted molar refractivity (Wildman–Crippen MR) is 186 cm³/mol. The Morgan fingerprint density at radius 2 is 1.98 bits per heavy atom. The van der Waals surface area contributed by atoms with Crippen LogP contribution in [0.3, 0.4) is 0 Å². The number of para-hydroxylation sites is 1. The molecule has 0 saturated carbocycles. The zero-order valence-electron chi connectivity index (χ0n) is 27.6. The summed E-state index contributed by atoms with van der Waals surface area (Å²) in [6, 6.07) is 9.69. The van der Waals surface area contributed by atoms with Gasteiger partial charge in [-0.3, -0.25) is 14.4 Å². The van der Waals surface area contributed by atoms with Gasteiger partial charge >= 0.3 is 0 Å². The maximum Gasteiger partial charge on any atom is 0.238 e. The number of aliphatic imine (C=N–C) groups is 2. The summed E-state index contributed by atoms with van der Waals surface area (Å²) in [7, 11) is 1.87. The highest BCUT2D eigenvalue weighted by Crippen LogP contribution is 2.31. The minimum Gasteiger partial charge on any atom is -0.473 e. The van der Waals surface area contributed by atoms with E-state index < -0.39 is 0 Å². The second kappa shape index (κ2) is 14.2. The molecule has 6 rings (SSSR count). The molecular weight excluding hydrogens is 594 g/mol. The van der Waals surface area contributed by atoms with Crippen molar-refractivity contribution in [2.24, 2.45) is 17.0 Å². The number of carbonyl (C=O) groups is 1. The number of H-pyrrole nitrogens is 1. The van der Waals surface area contributed by atoms with Crippen molar-refractivity contribution in [3.8, 4) is 5.88 Å². The van der Waals surface area contributed by atoms with Gasteiger partial charge in [0.15, 0.2) is 5.82 Å². The van der Waals surface area contributed by atoms with Gasteiger partial charge in [-0.15, -0.1) is 0 Å². The van der Waals surface area contributed by atoms with Crippen LogP contribution < -0.4 is 20.3 Å². The highest BCUT2D eigenvalue weighted by atomic mass is 16.5. The van der Waals surface area contributed by atoms with Crippen molar-refractivity contribution in [2.75, 3.05) is 42.9 Å². The second-order valence-corrected chi connectivity index (χ2v) is 12.4. The first-order valence-electron chi connectivity index (χ1n) is 16.1. The minimum absolute atomic E-state index is 0.0310. The second-order valence-electron chi connectivity index (χ2n) is 12.4. The monoisotopic (exact) mass is 637 g/mol. The number of piperidine rings is 1. The molecule has 4 aromatic rings. The van der Waals surface area contributed by atoms with E-state index in [4.69, 9.17) is 4.74 Å². The molecule has 0 unspecified atom stereocenters. The van der Waals surface area contributed by atoms with Crippen LogP contribution in [0.25, 0.3) is 16.6 Å². The average Bonchev–Trinajstić information content (AvgIpc) is 3.78. The Balaban J connectivity index is 1.09. The van der Waals surface area contributed by atoms with Crippen molar-refractivity contribution in [3.63, 3.8) is 0 Å². The van der Waals surface area contributed by atoms with Gasteiger partial charge in [0.05, 0.1) is 17.7 Å². The van der Waals surface area contributed by atoms with Gasteiger partial charge in [-0.25, -0.2) is 15.0 Å². The number of hydrogen-bond acceptors (Lipinski definition) is 8. The number of nitrogens with one attached hydrogen (secondary N) is 3. The number of rotatable bonds is 9. The average molecular weight is 638 g/mol. The van der Waals surface area contributed by atoms with Gasteiger partial charge < -0.3 is 25.3 Å². The Hall–Kier alpha value is -5.04. The van der Waals surface area contributed by atoms with Crippen LogP contribution >= 0.6 is 0 Å². The predicted octanol–water partition coefficient (Wildman–Crippen LogP) is 4.81. The quantitative estimate of drug-likeness (QED) is 0.175. The summed E-state index contributed by atoms with van der Waals surface area (Å²) in [5.74, 6) is 2.31. The van der Waals surface area contributed by atoms with E-state index in [1.807, 2.05) is 64.3 Å². The number of allylic oxidation sites excluding steroid dienone is 1.